The maximum Gasteiger partial charge on any atom is 0.271 e. The van der Waals surface area contributed by atoms with E-state index < -0.39 is 0 Å². The molecule has 0 saturated heterocycles. The van der Waals surface area contributed by atoms with Crippen LogP contribution in [0.2, 0.25) is 5.02 Å². The Labute approximate surface area is 175 Å². The van der Waals surface area contributed by atoms with Crippen LogP contribution >= 0.6 is 11.6 Å². The molecule has 3 aromatic carbocycles. The lowest BCUT2D eigenvalue weighted by Crippen LogP contribution is -2.17. The van der Waals surface area contributed by atoms with E-state index in [1.807, 2.05) is 67.5 Å². The lowest BCUT2D eigenvalue weighted by atomic mass is 10.2. The van der Waals surface area contributed by atoms with Gasteiger partial charge in [0.2, 0.25) is 0 Å². The Hall–Kier alpha value is -3.31. The first kappa shape index (κ1) is 20.4. The first-order valence-corrected chi connectivity index (χ1v) is 9.47. The molecule has 0 heterocycles. The number of carbonyl (C=O) groups is 1. The van der Waals surface area contributed by atoms with E-state index in [0.717, 1.165) is 16.8 Å². The summed E-state index contributed by atoms with van der Waals surface area (Å²) in [6, 6.07) is 22.3. The molecule has 0 spiro atoms. The first-order chi connectivity index (χ1) is 14.0. The van der Waals surface area contributed by atoms with E-state index in [2.05, 4.69) is 10.5 Å². The van der Waals surface area contributed by atoms with Gasteiger partial charge in [0.1, 0.15) is 12.4 Å². The number of benzene rings is 3. The number of hydrogen-bond acceptors (Lipinski definition) is 4. The Morgan fingerprint density at radius 3 is 2.28 bits per heavy atom. The van der Waals surface area contributed by atoms with Gasteiger partial charge in [0.25, 0.3) is 5.91 Å². The number of ether oxygens (including phenoxy) is 1. The fourth-order valence-corrected chi connectivity index (χ4v) is 2.66. The van der Waals surface area contributed by atoms with Crippen LogP contribution in [0.25, 0.3) is 0 Å². The van der Waals surface area contributed by atoms with Crippen LogP contribution in [-0.4, -0.2) is 26.2 Å². The highest BCUT2D eigenvalue weighted by Crippen LogP contribution is 2.16. The minimum Gasteiger partial charge on any atom is -0.489 e. The van der Waals surface area contributed by atoms with Crippen LogP contribution in [0.1, 0.15) is 21.5 Å². The molecule has 0 unspecified atom stereocenters. The summed E-state index contributed by atoms with van der Waals surface area (Å²) in [5.41, 5.74) is 6.06. The molecule has 6 heteroatoms. The quantitative estimate of drug-likeness (QED) is 0.454. The predicted molar refractivity (Wildman–Crippen MR) is 118 cm³/mol. The lowest BCUT2D eigenvalue weighted by molar-refractivity contribution is 0.0955. The van der Waals surface area contributed by atoms with Gasteiger partial charge in [0.15, 0.2) is 0 Å². The van der Waals surface area contributed by atoms with Crippen molar-refractivity contribution >= 4 is 29.4 Å². The van der Waals surface area contributed by atoms with Gasteiger partial charge in [-0.25, -0.2) is 5.43 Å². The summed E-state index contributed by atoms with van der Waals surface area (Å²) < 4.78 is 5.72. The number of amides is 1. The topological polar surface area (TPSA) is 53.9 Å². The Morgan fingerprint density at radius 2 is 1.66 bits per heavy atom. The molecule has 0 atom stereocenters. The SMILES string of the molecule is CN(C)c1ccc(/C=N/NC(=O)c2ccc(OCc3ccc(Cl)cc3)cc2)cc1. The summed E-state index contributed by atoms with van der Waals surface area (Å²) in [5, 5.41) is 4.71. The van der Waals surface area contributed by atoms with Crippen LogP contribution < -0.4 is 15.1 Å². The van der Waals surface area contributed by atoms with Crippen molar-refractivity contribution in [1.82, 2.24) is 5.43 Å². The molecule has 3 rings (SSSR count). The van der Waals surface area contributed by atoms with Crippen LogP contribution in [0.4, 0.5) is 5.69 Å². The summed E-state index contributed by atoms with van der Waals surface area (Å²) in [6.45, 7) is 0.430. The first-order valence-electron chi connectivity index (χ1n) is 9.09. The molecule has 0 aliphatic carbocycles. The average molecular weight is 408 g/mol. The maximum atomic E-state index is 12.2. The molecule has 1 N–H and O–H groups in total. The predicted octanol–water partition coefficient (Wildman–Crippen LogP) is 4.75. The van der Waals surface area contributed by atoms with Crippen LogP contribution in [0, 0.1) is 0 Å². The van der Waals surface area contributed by atoms with Crippen molar-refractivity contribution < 1.29 is 9.53 Å². The van der Waals surface area contributed by atoms with Gasteiger partial charge in [-0.05, 0) is 59.7 Å². The van der Waals surface area contributed by atoms with Crippen molar-refractivity contribution in [3.05, 3.63) is 94.5 Å². The van der Waals surface area contributed by atoms with Gasteiger partial charge in [0.05, 0.1) is 6.21 Å². The molecule has 0 fully saturated rings. The molecule has 1 amide bonds. The Balaban J connectivity index is 1.51. The highest BCUT2D eigenvalue weighted by atomic mass is 35.5. The molecule has 3 aromatic rings. The van der Waals surface area contributed by atoms with E-state index in [9.17, 15) is 4.79 Å². The second-order valence-electron chi connectivity index (χ2n) is 6.62. The van der Waals surface area contributed by atoms with Crippen LogP contribution in [0.3, 0.4) is 0 Å². The molecule has 0 radical (unpaired) electrons. The van der Waals surface area contributed by atoms with E-state index in [1.54, 1.807) is 30.5 Å². The van der Waals surface area contributed by atoms with Crippen molar-refractivity contribution in [2.24, 2.45) is 5.10 Å². The van der Waals surface area contributed by atoms with Crippen LogP contribution in [0.15, 0.2) is 77.9 Å². The fraction of sp³-hybridized carbons (Fsp3) is 0.130. The molecule has 0 bridgehead atoms. The van der Waals surface area contributed by atoms with Crippen molar-refractivity contribution in [3.63, 3.8) is 0 Å². The zero-order chi connectivity index (χ0) is 20.6. The second-order valence-corrected chi connectivity index (χ2v) is 7.06. The number of hydrazone groups is 1. The summed E-state index contributed by atoms with van der Waals surface area (Å²) in [7, 11) is 3.97. The zero-order valence-corrected chi connectivity index (χ0v) is 17.1. The van der Waals surface area contributed by atoms with Gasteiger partial charge >= 0.3 is 0 Å². The number of hydrogen-bond donors (Lipinski definition) is 1. The summed E-state index contributed by atoms with van der Waals surface area (Å²) in [5.74, 6) is 0.399. The van der Waals surface area contributed by atoms with E-state index >= 15 is 0 Å². The lowest BCUT2D eigenvalue weighted by Gasteiger charge is -2.11. The average Bonchev–Trinajstić information content (AvgIpc) is 2.74. The highest BCUT2D eigenvalue weighted by molar-refractivity contribution is 6.30. The third-order valence-electron chi connectivity index (χ3n) is 4.22. The van der Waals surface area contributed by atoms with Gasteiger partial charge < -0.3 is 9.64 Å². The molecule has 5 nitrogen and oxygen atoms in total. The summed E-state index contributed by atoms with van der Waals surface area (Å²) >= 11 is 5.87. The second kappa shape index (κ2) is 9.75. The standard InChI is InChI=1S/C23H22ClN3O2/c1-27(2)21-11-5-17(6-12-21)15-25-26-23(28)19-7-13-22(14-8-19)29-16-18-3-9-20(24)10-4-18/h3-15H,16H2,1-2H3,(H,26,28)/b25-15+. The molecule has 0 saturated carbocycles. The van der Waals surface area contributed by atoms with Crippen molar-refractivity contribution in [2.45, 2.75) is 6.61 Å². The number of carbonyl (C=O) groups excluding carboxylic acids is 1. The van der Waals surface area contributed by atoms with Gasteiger partial charge in [-0.2, -0.15) is 5.10 Å². The molecule has 148 valence electrons. The van der Waals surface area contributed by atoms with E-state index in [0.29, 0.717) is 22.9 Å². The maximum absolute atomic E-state index is 12.2. The third kappa shape index (κ3) is 6.09. The van der Waals surface area contributed by atoms with E-state index in [1.165, 1.54) is 0 Å². The normalized spacial score (nSPS) is 10.7. The van der Waals surface area contributed by atoms with Crippen molar-refractivity contribution in [2.75, 3.05) is 19.0 Å². The summed E-state index contributed by atoms with van der Waals surface area (Å²) in [6.07, 6.45) is 1.61. The summed E-state index contributed by atoms with van der Waals surface area (Å²) in [4.78, 5) is 14.2. The largest absolute Gasteiger partial charge is 0.489 e. The van der Waals surface area contributed by atoms with Crippen molar-refractivity contribution in [3.8, 4) is 5.75 Å². The Bertz CT molecular complexity index is 967. The smallest absolute Gasteiger partial charge is 0.271 e. The van der Waals surface area contributed by atoms with E-state index in [-0.39, 0.29) is 5.91 Å². The molecular weight excluding hydrogens is 386 g/mol. The van der Waals surface area contributed by atoms with Gasteiger partial charge in [-0.1, -0.05) is 35.9 Å². The monoisotopic (exact) mass is 407 g/mol. The molecule has 0 aromatic heterocycles. The molecule has 0 aliphatic rings. The zero-order valence-electron chi connectivity index (χ0n) is 16.3. The van der Waals surface area contributed by atoms with Gasteiger partial charge in [-0.3, -0.25) is 4.79 Å². The number of nitrogens with zero attached hydrogens (tertiary/aromatic N) is 2. The van der Waals surface area contributed by atoms with Gasteiger partial charge in [0, 0.05) is 30.4 Å². The Morgan fingerprint density at radius 1 is 1.00 bits per heavy atom. The third-order valence-corrected chi connectivity index (χ3v) is 4.48. The van der Waals surface area contributed by atoms with Crippen LogP contribution in [0.5, 0.6) is 5.75 Å². The number of anilines is 1. The minimum absolute atomic E-state index is 0.282. The number of nitrogens with one attached hydrogen (secondary N) is 1. The van der Waals surface area contributed by atoms with Gasteiger partial charge in [-0.15, -0.1) is 0 Å². The van der Waals surface area contributed by atoms with E-state index in [4.69, 9.17) is 16.3 Å². The molecule has 29 heavy (non-hydrogen) atoms. The minimum atomic E-state index is -0.282. The molecule has 0 aliphatic heterocycles. The fourth-order valence-electron chi connectivity index (χ4n) is 2.54. The molecular formula is C23H22ClN3O2. The highest BCUT2D eigenvalue weighted by Gasteiger charge is 2.05. The van der Waals surface area contributed by atoms with Crippen molar-refractivity contribution in [1.29, 1.82) is 0 Å². The number of rotatable bonds is 7. The number of halogens is 1. The van der Waals surface area contributed by atoms with Crippen LogP contribution in [-0.2, 0) is 6.61 Å². The Kier molecular flexibility index (Phi) is 6.87.